The average molecular weight is 632 g/mol. The van der Waals surface area contributed by atoms with Gasteiger partial charge in [-0.15, -0.1) is 0 Å². The lowest BCUT2D eigenvalue weighted by molar-refractivity contribution is -0.131. The van der Waals surface area contributed by atoms with Crippen molar-refractivity contribution >= 4 is 34.9 Å². The summed E-state index contributed by atoms with van der Waals surface area (Å²) in [4.78, 5) is 27.7. The Morgan fingerprint density at radius 2 is 2.00 bits per heavy atom. The molecule has 4 atom stereocenters. The van der Waals surface area contributed by atoms with Gasteiger partial charge >= 0.3 is 6.01 Å². The number of carbonyl (C=O) groups excluding carboxylic acids is 1. The van der Waals surface area contributed by atoms with Crippen LogP contribution in [-0.4, -0.2) is 83.8 Å². The molecule has 1 aromatic carbocycles. The molecular weight excluding hydrogens is 597 g/mol. The molecule has 2 aliphatic carbocycles. The second-order valence-electron chi connectivity index (χ2n) is 12.2. The third-order valence-corrected chi connectivity index (χ3v) is 10.1. The molecule has 1 spiro atoms. The van der Waals surface area contributed by atoms with Crippen molar-refractivity contribution in [1.29, 1.82) is 5.26 Å². The number of likely N-dealkylation sites (tertiary alicyclic amines) is 1. The molecule has 4 aliphatic rings. The number of piperazine rings is 1. The van der Waals surface area contributed by atoms with Crippen molar-refractivity contribution in [3.63, 3.8) is 0 Å². The molecule has 12 heteroatoms. The van der Waals surface area contributed by atoms with E-state index in [0.717, 1.165) is 36.1 Å². The van der Waals surface area contributed by atoms with Gasteiger partial charge in [-0.25, -0.2) is 8.78 Å². The van der Waals surface area contributed by atoms with E-state index in [1.54, 1.807) is 0 Å². The number of nitriles is 1. The third kappa shape index (κ3) is 5.67. The van der Waals surface area contributed by atoms with Gasteiger partial charge in [-0.3, -0.25) is 9.69 Å². The van der Waals surface area contributed by atoms with Gasteiger partial charge in [-0.05, 0) is 62.4 Å². The van der Waals surface area contributed by atoms with Gasteiger partial charge in [0.05, 0.1) is 24.2 Å². The maximum Gasteiger partial charge on any atom is 0.318 e. The maximum absolute atomic E-state index is 14.0. The Morgan fingerprint density at radius 3 is 2.72 bits per heavy atom. The Morgan fingerprint density at radius 1 is 1.21 bits per heavy atom. The topological polar surface area (TPSA) is 85.6 Å². The summed E-state index contributed by atoms with van der Waals surface area (Å²) in [5.41, 5.74) is 4.01. The summed E-state index contributed by atoms with van der Waals surface area (Å²) in [6.45, 7) is 4.71. The molecule has 0 bridgehead atoms. The Bertz CT molecular complexity index is 1500. The highest BCUT2D eigenvalue weighted by atomic mass is 35.5. The Kier molecular flexibility index (Phi) is 8.26. The van der Waals surface area contributed by atoms with E-state index in [9.17, 15) is 18.8 Å². The lowest BCUT2D eigenvalue weighted by Gasteiger charge is -2.43. The van der Waals surface area contributed by atoms with Gasteiger partial charge < -0.3 is 14.5 Å². The molecule has 1 unspecified atom stereocenters. The molecule has 228 valence electrons. The summed E-state index contributed by atoms with van der Waals surface area (Å²) in [7, 11) is 1.88. The molecule has 0 N–H and O–H groups in total. The minimum atomic E-state index is -1.04. The molecule has 3 heterocycles. The van der Waals surface area contributed by atoms with Gasteiger partial charge in [-0.2, -0.15) is 15.2 Å². The molecule has 2 fully saturated rings. The molecule has 1 aromatic heterocycles. The zero-order valence-electron chi connectivity index (χ0n) is 24.1. The fourth-order valence-electron chi connectivity index (χ4n) is 7.47. The van der Waals surface area contributed by atoms with Crippen LogP contribution in [0.2, 0.25) is 10.0 Å². The number of hydrogen-bond acceptors (Lipinski definition) is 7. The third-order valence-electron chi connectivity index (χ3n) is 9.59. The standard InChI is InChI=1S/C31H34Cl2F2N6O2/c1-18(34)29(42)41-10-9-40(16-22(41)5-8-36)28-24-4-7-31(6-3-19-11-20(32)12-25(33)27(19)31)14-26(24)37-30(38-28)43-17-23-13-21(35)15-39(23)2/h11-12,21-23H,1,3-7,9-10,13-17H2,2H3/t21-,22+,23+,31?/m1/s1. The minimum Gasteiger partial charge on any atom is -0.462 e. The number of rotatable bonds is 6. The predicted octanol–water partition coefficient (Wildman–Crippen LogP) is 4.99. The summed E-state index contributed by atoms with van der Waals surface area (Å²) in [6, 6.07) is 5.55. The van der Waals surface area contributed by atoms with Crippen LogP contribution >= 0.6 is 23.2 Å². The minimum absolute atomic E-state index is 0.0471. The largest absolute Gasteiger partial charge is 0.462 e. The van der Waals surface area contributed by atoms with Gasteiger partial charge in [-0.1, -0.05) is 29.8 Å². The highest BCUT2D eigenvalue weighted by molar-refractivity contribution is 6.35. The predicted molar refractivity (Wildman–Crippen MR) is 160 cm³/mol. The number of nitrogens with zero attached hydrogens (tertiary/aromatic N) is 6. The fraction of sp³-hybridized carbons (Fsp3) is 0.548. The molecular formula is C31H34Cl2F2N6O2. The Hall–Kier alpha value is -3.00. The van der Waals surface area contributed by atoms with E-state index < -0.39 is 23.9 Å². The molecule has 2 saturated heterocycles. The van der Waals surface area contributed by atoms with E-state index >= 15 is 0 Å². The normalized spacial score (nSPS) is 26.7. The van der Waals surface area contributed by atoms with Crippen LogP contribution in [0.1, 0.15) is 48.1 Å². The monoisotopic (exact) mass is 630 g/mol. The average Bonchev–Trinajstić information content (AvgIpc) is 3.48. The van der Waals surface area contributed by atoms with Crippen molar-refractivity contribution in [2.75, 3.05) is 44.7 Å². The molecule has 2 aliphatic heterocycles. The van der Waals surface area contributed by atoms with Gasteiger partial charge in [0.25, 0.3) is 5.91 Å². The SMILES string of the molecule is C=C(F)C(=O)N1CCN(c2nc(OC[C@@H]3C[C@@H](F)CN3C)nc3c2CCC2(CCc4cc(Cl)cc(Cl)c42)C3)C[C@@H]1CC#N. The van der Waals surface area contributed by atoms with Gasteiger partial charge in [0, 0.05) is 59.7 Å². The maximum atomic E-state index is 14.0. The van der Waals surface area contributed by atoms with E-state index in [1.165, 1.54) is 10.5 Å². The van der Waals surface area contributed by atoms with E-state index in [-0.39, 0.29) is 37.0 Å². The second-order valence-corrected chi connectivity index (χ2v) is 13.1. The molecule has 2 aromatic rings. The summed E-state index contributed by atoms with van der Waals surface area (Å²) in [5, 5.41) is 10.8. The molecule has 43 heavy (non-hydrogen) atoms. The first kappa shape index (κ1) is 30.0. The smallest absolute Gasteiger partial charge is 0.318 e. The zero-order valence-corrected chi connectivity index (χ0v) is 25.6. The van der Waals surface area contributed by atoms with Crippen LogP contribution in [0, 0.1) is 11.3 Å². The molecule has 8 nitrogen and oxygen atoms in total. The van der Waals surface area contributed by atoms with Gasteiger partial charge in [0.2, 0.25) is 0 Å². The molecule has 0 saturated carbocycles. The number of aromatic nitrogens is 2. The van der Waals surface area contributed by atoms with Crippen LogP contribution in [0.25, 0.3) is 0 Å². The van der Waals surface area contributed by atoms with E-state index in [2.05, 4.69) is 12.6 Å². The van der Waals surface area contributed by atoms with Gasteiger partial charge in [0.1, 0.15) is 18.6 Å². The quantitative estimate of drug-likeness (QED) is 0.416. The number of alkyl halides is 1. The number of anilines is 1. The number of benzene rings is 1. The summed E-state index contributed by atoms with van der Waals surface area (Å²) in [5.74, 6) is -1.13. The number of likely N-dealkylation sites (N-methyl/N-ethyl adjacent to an activating group) is 1. The highest BCUT2D eigenvalue weighted by Crippen LogP contribution is 2.51. The first-order chi connectivity index (χ1) is 20.6. The number of halogens is 4. The van der Waals surface area contributed by atoms with E-state index in [4.69, 9.17) is 37.9 Å². The van der Waals surface area contributed by atoms with Crippen molar-refractivity contribution in [2.24, 2.45) is 0 Å². The summed E-state index contributed by atoms with van der Waals surface area (Å²) < 4.78 is 34.0. The lowest BCUT2D eigenvalue weighted by atomic mass is 9.69. The van der Waals surface area contributed by atoms with Crippen molar-refractivity contribution < 1.29 is 18.3 Å². The number of aryl methyl sites for hydroxylation is 1. The van der Waals surface area contributed by atoms with Crippen molar-refractivity contribution in [1.82, 2.24) is 19.8 Å². The number of hydrogen-bond donors (Lipinski definition) is 0. The summed E-state index contributed by atoms with van der Waals surface area (Å²) in [6.07, 6.45) is 3.58. The lowest BCUT2D eigenvalue weighted by Crippen LogP contribution is -2.55. The van der Waals surface area contributed by atoms with Crippen molar-refractivity contribution in [3.05, 3.63) is 57.0 Å². The second kappa shape index (κ2) is 11.8. The molecule has 1 amide bonds. The van der Waals surface area contributed by atoms with E-state index in [1.807, 2.05) is 29.0 Å². The Labute approximate surface area is 260 Å². The molecule has 6 rings (SSSR count). The summed E-state index contributed by atoms with van der Waals surface area (Å²) >= 11 is 13.1. The first-order valence-corrected chi connectivity index (χ1v) is 15.5. The van der Waals surface area contributed by atoms with E-state index in [0.29, 0.717) is 54.8 Å². The van der Waals surface area contributed by atoms with Gasteiger partial charge in [0.15, 0.2) is 5.83 Å². The fourth-order valence-corrected chi connectivity index (χ4v) is 8.20. The van der Waals surface area contributed by atoms with Crippen molar-refractivity contribution in [3.8, 4) is 12.1 Å². The Balaban J connectivity index is 1.34. The van der Waals surface area contributed by atoms with Crippen LogP contribution < -0.4 is 9.64 Å². The van der Waals surface area contributed by atoms with Crippen LogP contribution in [0.4, 0.5) is 14.6 Å². The highest BCUT2D eigenvalue weighted by Gasteiger charge is 2.45. The number of ether oxygens (including phenoxy) is 1. The van der Waals surface area contributed by atoms with Crippen LogP contribution in [0.5, 0.6) is 6.01 Å². The molecule has 0 radical (unpaired) electrons. The van der Waals surface area contributed by atoms with Crippen LogP contribution in [0.15, 0.2) is 24.5 Å². The van der Waals surface area contributed by atoms with Crippen molar-refractivity contribution in [2.45, 2.75) is 68.6 Å². The first-order valence-electron chi connectivity index (χ1n) is 14.7. The number of fused-ring (bicyclic) bond motifs is 3. The number of amides is 1. The van der Waals surface area contributed by atoms with Crippen LogP contribution in [-0.2, 0) is 29.5 Å². The zero-order chi connectivity index (χ0) is 30.5. The van der Waals surface area contributed by atoms with Crippen LogP contribution in [0.3, 0.4) is 0 Å². The number of carbonyl (C=O) groups is 1.